The van der Waals surface area contributed by atoms with Crippen molar-refractivity contribution in [3.63, 3.8) is 0 Å². The molecular formula is C12H18F3N3S. The first kappa shape index (κ1) is 14.6. The third kappa shape index (κ3) is 3.39. The van der Waals surface area contributed by atoms with Crippen molar-refractivity contribution in [2.45, 2.75) is 38.4 Å². The lowest BCUT2D eigenvalue weighted by molar-refractivity contribution is -0.119. The van der Waals surface area contributed by atoms with Crippen molar-refractivity contribution in [2.75, 3.05) is 25.0 Å². The molecule has 0 radical (unpaired) electrons. The Morgan fingerprint density at radius 1 is 1.47 bits per heavy atom. The van der Waals surface area contributed by atoms with Gasteiger partial charge < -0.3 is 10.2 Å². The van der Waals surface area contributed by atoms with Crippen LogP contribution in [0.4, 0.5) is 18.3 Å². The second kappa shape index (κ2) is 5.66. The highest BCUT2D eigenvalue weighted by atomic mass is 32.1. The average Bonchev–Trinajstić information content (AvgIpc) is 2.78. The number of thiazole rings is 1. The molecule has 0 aromatic carbocycles. The molecule has 1 aromatic heterocycles. The molecule has 1 N–H and O–H groups in total. The Bertz CT molecular complexity index is 430. The summed E-state index contributed by atoms with van der Waals surface area (Å²) in [5.74, 6) is 0. The number of aromatic nitrogens is 1. The molecule has 1 unspecified atom stereocenters. The fraction of sp³-hybridized carbons (Fsp3) is 0.750. The van der Waals surface area contributed by atoms with Crippen LogP contribution in [0.2, 0.25) is 0 Å². The van der Waals surface area contributed by atoms with Crippen LogP contribution in [0, 0.1) is 0 Å². The summed E-state index contributed by atoms with van der Waals surface area (Å²) in [7, 11) is 1.87. The van der Waals surface area contributed by atoms with E-state index in [1.165, 1.54) is 16.2 Å². The van der Waals surface area contributed by atoms with Crippen LogP contribution in [-0.4, -0.2) is 31.3 Å². The Labute approximate surface area is 114 Å². The van der Waals surface area contributed by atoms with Crippen molar-refractivity contribution in [3.05, 3.63) is 10.6 Å². The van der Waals surface area contributed by atoms with Crippen LogP contribution >= 0.6 is 11.3 Å². The number of anilines is 1. The zero-order valence-corrected chi connectivity index (χ0v) is 11.9. The monoisotopic (exact) mass is 293 g/mol. The summed E-state index contributed by atoms with van der Waals surface area (Å²) in [5, 5.41) is 3.67. The Balaban J connectivity index is 2.23. The van der Waals surface area contributed by atoms with Gasteiger partial charge in [-0.15, -0.1) is 11.3 Å². The van der Waals surface area contributed by atoms with Crippen LogP contribution in [0.5, 0.6) is 0 Å². The van der Waals surface area contributed by atoms with Gasteiger partial charge in [-0.1, -0.05) is 0 Å². The van der Waals surface area contributed by atoms with E-state index in [4.69, 9.17) is 0 Å². The summed E-state index contributed by atoms with van der Waals surface area (Å²) < 4.78 is 37.6. The maximum Gasteiger partial charge on any atom is 0.406 e. The zero-order chi connectivity index (χ0) is 14.0. The van der Waals surface area contributed by atoms with Crippen LogP contribution in [0.15, 0.2) is 0 Å². The van der Waals surface area contributed by atoms with Gasteiger partial charge in [0.05, 0.1) is 11.7 Å². The van der Waals surface area contributed by atoms with E-state index in [9.17, 15) is 13.2 Å². The van der Waals surface area contributed by atoms with Gasteiger partial charge in [0.1, 0.15) is 6.54 Å². The average molecular weight is 293 g/mol. The zero-order valence-electron chi connectivity index (χ0n) is 11.0. The molecule has 7 heteroatoms. The molecule has 2 rings (SSSR count). The van der Waals surface area contributed by atoms with Crippen LogP contribution in [0.3, 0.4) is 0 Å². The summed E-state index contributed by atoms with van der Waals surface area (Å²) in [6.45, 7) is 1.11. The van der Waals surface area contributed by atoms with E-state index in [1.54, 1.807) is 6.92 Å². The summed E-state index contributed by atoms with van der Waals surface area (Å²) >= 11 is 1.40. The lowest BCUT2D eigenvalue weighted by atomic mass is 9.98. The molecule has 1 aliphatic carbocycles. The van der Waals surface area contributed by atoms with E-state index in [2.05, 4.69) is 10.3 Å². The fourth-order valence-corrected chi connectivity index (χ4v) is 3.58. The van der Waals surface area contributed by atoms with Crippen molar-refractivity contribution in [1.82, 2.24) is 10.3 Å². The van der Waals surface area contributed by atoms with E-state index >= 15 is 0 Å². The summed E-state index contributed by atoms with van der Waals surface area (Å²) in [6, 6.07) is 0.179. The van der Waals surface area contributed by atoms with Gasteiger partial charge in [0.2, 0.25) is 0 Å². The highest BCUT2D eigenvalue weighted by molar-refractivity contribution is 7.15. The van der Waals surface area contributed by atoms with E-state index in [0.29, 0.717) is 11.7 Å². The van der Waals surface area contributed by atoms with Gasteiger partial charge in [0, 0.05) is 11.4 Å². The van der Waals surface area contributed by atoms with Crippen molar-refractivity contribution < 1.29 is 13.2 Å². The topological polar surface area (TPSA) is 28.2 Å². The maximum absolute atomic E-state index is 12.5. The molecule has 1 heterocycles. The number of hydrogen-bond acceptors (Lipinski definition) is 4. The minimum atomic E-state index is -4.19. The Hall–Kier alpha value is -0.820. The summed E-state index contributed by atoms with van der Waals surface area (Å²) in [4.78, 5) is 6.87. The molecule has 0 spiro atoms. The predicted octanol–water partition coefficient (Wildman–Crippen LogP) is 3.13. The molecule has 1 aromatic rings. The number of alkyl halides is 3. The molecule has 108 valence electrons. The molecule has 0 fully saturated rings. The minimum absolute atomic E-state index is 0.179. The van der Waals surface area contributed by atoms with E-state index < -0.39 is 12.7 Å². The highest BCUT2D eigenvalue weighted by Gasteiger charge is 2.32. The van der Waals surface area contributed by atoms with Crippen molar-refractivity contribution >= 4 is 16.5 Å². The number of halogens is 3. The summed E-state index contributed by atoms with van der Waals surface area (Å²) in [5.41, 5.74) is 0.939. The second-order valence-corrected chi connectivity index (χ2v) is 5.73. The van der Waals surface area contributed by atoms with E-state index in [1.807, 2.05) is 7.05 Å². The molecule has 0 bridgehead atoms. The van der Waals surface area contributed by atoms with Gasteiger partial charge in [0.15, 0.2) is 5.13 Å². The van der Waals surface area contributed by atoms with Gasteiger partial charge in [-0.2, -0.15) is 13.2 Å². The van der Waals surface area contributed by atoms with Crippen LogP contribution in [0.25, 0.3) is 0 Å². The molecular weight excluding hydrogens is 275 g/mol. The van der Waals surface area contributed by atoms with Crippen LogP contribution in [-0.2, 0) is 6.42 Å². The quantitative estimate of drug-likeness (QED) is 0.924. The number of nitrogens with zero attached hydrogens (tertiary/aromatic N) is 2. The largest absolute Gasteiger partial charge is 0.406 e. The van der Waals surface area contributed by atoms with Gasteiger partial charge in [-0.3, -0.25) is 0 Å². The number of rotatable bonds is 4. The first-order chi connectivity index (χ1) is 8.94. The third-order valence-corrected chi connectivity index (χ3v) is 4.51. The molecule has 1 aliphatic rings. The van der Waals surface area contributed by atoms with Crippen LogP contribution in [0.1, 0.15) is 36.4 Å². The Morgan fingerprint density at radius 2 is 2.21 bits per heavy atom. The Kier molecular flexibility index (Phi) is 4.35. The van der Waals surface area contributed by atoms with Gasteiger partial charge in [-0.25, -0.2) is 4.98 Å². The molecule has 1 atom stereocenters. The molecule has 0 saturated carbocycles. The standard InChI is InChI=1S/C12H18F3N3S/c1-3-18(7-12(13,14)15)11-17-10-8(16-2)5-4-6-9(10)19-11/h8,16H,3-7H2,1-2H3. The lowest BCUT2D eigenvalue weighted by Gasteiger charge is -2.21. The normalized spacial score (nSPS) is 19.3. The first-order valence-electron chi connectivity index (χ1n) is 6.43. The number of hydrogen-bond donors (Lipinski definition) is 1. The van der Waals surface area contributed by atoms with E-state index in [0.717, 1.165) is 29.8 Å². The number of fused-ring (bicyclic) bond motifs is 1. The number of nitrogens with one attached hydrogen (secondary N) is 1. The van der Waals surface area contributed by atoms with Crippen molar-refractivity contribution in [1.29, 1.82) is 0 Å². The van der Waals surface area contributed by atoms with Gasteiger partial charge in [0.25, 0.3) is 0 Å². The minimum Gasteiger partial charge on any atom is -0.339 e. The van der Waals surface area contributed by atoms with Gasteiger partial charge in [-0.05, 0) is 33.2 Å². The van der Waals surface area contributed by atoms with Crippen LogP contribution < -0.4 is 10.2 Å². The third-order valence-electron chi connectivity index (χ3n) is 3.31. The Morgan fingerprint density at radius 3 is 2.79 bits per heavy atom. The highest BCUT2D eigenvalue weighted by Crippen LogP contribution is 2.37. The van der Waals surface area contributed by atoms with Crippen molar-refractivity contribution in [2.24, 2.45) is 0 Å². The SMILES string of the molecule is CCN(CC(F)(F)F)c1nc2c(s1)CCCC2NC. The molecule has 0 amide bonds. The lowest BCUT2D eigenvalue weighted by Crippen LogP contribution is -2.34. The first-order valence-corrected chi connectivity index (χ1v) is 7.24. The smallest absolute Gasteiger partial charge is 0.339 e. The molecule has 3 nitrogen and oxygen atoms in total. The second-order valence-electron chi connectivity index (χ2n) is 4.67. The maximum atomic E-state index is 12.5. The summed E-state index contributed by atoms with van der Waals surface area (Å²) in [6.07, 6.45) is -1.21. The van der Waals surface area contributed by atoms with Crippen molar-refractivity contribution in [3.8, 4) is 0 Å². The van der Waals surface area contributed by atoms with E-state index in [-0.39, 0.29) is 6.04 Å². The molecule has 0 aliphatic heterocycles. The molecule has 0 saturated heterocycles. The predicted molar refractivity (Wildman–Crippen MR) is 70.8 cm³/mol. The molecule has 19 heavy (non-hydrogen) atoms. The fourth-order valence-electron chi connectivity index (χ4n) is 2.35. The number of aryl methyl sites for hydroxylation is 1. The van der Waals surface area contributed by atoms with Gasteiger partial charge >= 0.3 is 6.18 Å².